The van der Waals surface area contributed by atoms with Crippen molar-refractivity contribution in [3.8, 4) is 0 Å². The average molecular weight is 452 g/mol. The monoisotopic (exact) mass is 451 g/mol. The van der Waals surface area contributed by atoms with Crippen LogP contribution in [0.1, 0.15) is 21.5 Å². The zero-order valence-corrected chi connectivity index (χ0v) is 18.2. The molecule has 0 saturated carbocycles. The summed E-state index contributed by atoms with van der Waals surface area (Å²) < 4.78 is 0. The van der Waals surface area contributed by atoms with E-state index in [4.69, 9.17) is 23.2 Å². The molecule has 8 heteroatoms. The van der Waals surface area contributed by atoms with Crippen LogP contribution in [-0.4, -0.2) is 27.4 Å². The van der Waals surface area contributed by atoms with Gasteiger partial charge in [0, 0.05) is 23.8 Å². The minimum absolute atomic E-state index is 0.217. The first-order valence-corrected chi connectivity index (χ1v) is 10.4. The fourth-order valence-electron chi connectivity index (χ4n) is 3.14. The number of nitrogens with one attached hydrogen (secondary N) is 2. The van der Waals surface area contributed by atoms with E-state index >= 15 is 0 Å². The summed E-state index contributed by atoms with van der Waals surface area (Å²) in [7, 11) is 0. The number of amides is 1. The molecule has 31 heavy (non-hydrogen) atoms. The number of fused-ring (bicyclic) bond motifs is 1. The molecule has 2 aromatic heterocycles. The van der Waals surface area contributed by atoms with Crippen molar-refractivity contribution in [3.05, 3.63) is 87.9 Å². The van der Waals surface area contributed by atoms with E-state index in [9.17, 15) is 4.79 Å². The predicted octanol–water partition coefficient (Wildman–Crippen LogP) is 5.55. The first-order valence-electron chi connectivity index (χ1n) is 9.67. The summed E-state index contributed by atoms with van der Waals surface area (Å²) in [4.78, 5) is 24.8. The molecular formula is C23H19Cl2N5O. The summed E-state index contributed by atoms with van der Waals surface area (Å²) in [6, 6.07) is 16.9. The zero-order chi connectivity index (χ0) is 21.8. The number of pyridine rings is 1. The molecule has 2 heterocycles. The number of hydrogen-bond donors (Lipinski definition) is 2. The molecule has 0 aliphatic rings. The highest BCUT2D eigenvalue weighted by molar-refractivity contribution is 6.29. The summed E-state index contributed by atoms with van der Waals surface area (Å²) in [6.07, 6.45) is 2.23. The van der Waals surface area contributed by atoms with Crippen molar-refractivity contribution < 1.29 is 4.79 Å². The van der Waals surface area contributed by atoms with Crippen LogP contribution in [0.3, 0.4) is 0 Å². The number of rotatable bonds is 6. The van der Waals surface area contributed by atoms with Gasteiger partial charge in [0.15, 0.2) is 0 Å². The third kappa shape index (κ3) is 5.29. The van der Waals surface area contributed by atoms with Crippen LogP contribution in [0.5, 0.6) is 0 Å². The van der Waals surface area contributed by atoms with Crippen molar-refractivity contribution in [2.24, 2.45) is 0 Å². The molecular weight excluding hydrogens is 433 g/mol. The van der Waals surface area contributed by atoms with Gasteiger partial charge in [-0.3, -0.25) is 4.79 Å². The number of benzene rings is 2. The number of hydrogen-bond acceptors (Lipinski definition) is 5. The van der Waals surface area contributed by atoms with E-state index in [1.807, 2.05) is 49.4 Å². The lowest BCUT2D eigenvalue weighted by Crippen LogP contribution is -2.12. The van der Waals surface area contributed by atoms with Gasteiger partial charge in [0.2, 0.25) is 5.28 Å². The highest BCUT2D eigenvalue weighted by atomic mass is 35.5. The first kappa shape index (κ1) is 21.0. The van der Waals surface area contributed by atoms with Crippen molar-refractivity contribution >= 4 is 51.5 Å². The van der Waals surface area contributed by atoms with Gasteiger partial charge in [0.25, 0.3) is 5.91 Å². The molecule has 0 aliphatic heterocycles. The molecule has 0 fully saturated rings. The third-order valence-electron chi connectivity index (χ3n) is 4.73. The molecule has 0 aliphatic carbocycles. The number of nitrogens with zero attached hydrogens (tertiary/aromatic N) is 3. The van der Waals surface area contributed by atoms with Crippen molar-refractivity contribution in [1.82, 2.24) is 15.0 Å². The largest absolute Gasteiger partial charge is 0.369 e. The lowest BCUT2D eigenvalue weighted by Gasteiger charge is -2.10. The molecule has 4 aromatic rings. The second-order valence-corrected chi connectivity index (χ2v) is 7.78. The van der Waals surface area contributed by atoms with Crippen molar-refractivity contribution in [2.75, 3.05) is 17.2 Å². The number of aryl methyl sites for hydroxylation is 1. The Hall–Kier alpha value is -3.22. The molecule has 1 amide bonds. The Morgan fingerprint density at radius 2 is 1.81 bits per heavy atom. The molecule has 0 bridgehead atoms. The lowest BCUT2D eigenvalue weighted by atomic mass is 10.1. The van der Waals surface area contributed by atoms with Gasteiger partial charge in [0.1, 0.15) is 11.0 Å². The highest BCUT2D eigenvalue weighted by Crippen LogP contribution is 2.23. The van der Waals surface area contributed by atoms with Crippen LogP contribution in [0.15, 0.2) is 60.8 Å². The smallest absolute Gasteiger partial charge is 0.257 e. The average Bonchev–Trinajstić information content (AvgIpc) is 2.76. The maximum absolute atomic E-state index is 12.3. The normalized spacial score (nSPS) is 10.8. The van der Waals surface area contributed by atoms with E-state index in [0.717, 1.165) is 34.3 Å². The zero-order valence-electron chi connectivity index (χ0n) is 16.7. The molecule has 0 spiro atoms. The van der Waals surface area contributed by atoms with Crippen LogP contribution in [0.2, 0.25) is 10.4 Å². The van der Waals surface area contributed by atoms with Gasteiger partial charge in [-0.15, -0.1) is 0 Å². The molecule has 0 radical (unpaired) electrons. The summed E-state index contributed by atoms with van der Waals surface area (Å²) in [5.41, 5.74) is 4.22. The fourth-order valence-corrected chi connectivity index (χ4v) is 3.43. The van der Waals surface area contributed by atoms with Crippen molar-refractivity contribution in [1.29, 1.82) is 0 Å². The molecule has 0 saturated heterocycles. The molecule has 2 N–H and O–H groups in total. The van der Waals surface area contributed by atoms with E-state index in [2.05, 4.69) is 25.6 Å². The Kier molecular flexibility index (Phi) is 6.30. The first-order chi connectivity index (χ1) is 15.0. The Morgan fingerprint density at radius 1 is 1.00 bits per heavy atom. The van der Waals surface area contributed by atoms with Gasteiger partial charge < -0.3 is 10.6 Å². The van der Waals surface area contributed by atoms with Crippen molar-refractivity contribution in [3.63, 3.8) is 0 Å². The SMILES string of the molecule is Cc1ccc2nc(Cl)nc(NCCc3ccc(NC(=O)c4ccc(Cl)nc4)cc3)c2c1. The third-order valence-corrected chi connectivity index (χ3v) is 5.12. The standard InChI is InChI=1S/C23H19Cl2N5O/c1-14-2-8-19-18(12-14)21(30-23(25)29-19)26-11-10-15-3-6-17(7-4-15)28-22(31)16-5-9-20(24)27-13-16/h2-9,12-13H,10-11H2,1H3,(H,28,31)(H,26,29,30). The Morgan fingerprint density at radius 3 is 2.55 bits per heavy atom. The van der Waals surface area contributed by atoms with Crippen LogP contribution < -0.4 is 10.6 Å². The van der Waals surface area contributed by atoms with Crippen LogP contribution in [0.25, 0.3) is 10.9 Å². The molecule has 4 rings (SSSR count). The summed E-state index contributed by atoms with van der Waals surface area (Å²) in [5.74, 6) is 0.487. The minimum Gasteiger partial charge on any atom is -0.369 e. The molecule has 2 aromatic carbocycles. The predicted molar refractivity (Wildman–Crippen MR) is 125 cm³/mol. The van der Waals surface area contributed by atoms with Crippen LogP contribution in [0.4, 0.5) is 11.5 Å². The topological polar surface area (TPSA) is 79.8 Å². The maximum Gasteiger partial charge on any atom is 0.257 e. The Bertz CT molecular complexity index is 1230. The van der Waals surface area contributed by atoms with E-state index < -0.39 is 0 Å². The van der Waals surface area contributed by atoms with Gasteiger partial charge in [0.05, 0.1) is 11.1 Å². The number of anilines is 2. The van der Waals surface area contributed by atoms with Gasteiger partial charge in [-0.2, -0.15) is 0 Å². The van der Waals surface area contributed by atoms with Crippen molar-refractivity contribution in [2.45, 2.75) is 13.3 Å². The van der Waals surface area contributed by atoms with E-state index in [-0.39, 0.29) is 11.2 Å². The minimum atomic E-state index is -0.235. The maximum atomic E-state index is 12.3. The number of carbonyl (C=O) groups excluding carboxylic acids is 1. The highest BCUT2D eigenvalue weighted by Gasteiger charge is 2.08. The summed E-state index contributed by atoms with van der Waals surface area (Å²) >= 11 is 11.8. The quantitative estimate of drug-likeness (QED) is 0.296. The second kappa shape index (κ2) is 9.29. The molecule has 156 valence electrons. The molecule has 0 unspecified atom stereocenters. The van der Waals surface area contributed by atoms with E-state index in [1.54, 1.807) is 12.1 Å². The lowest BCUT2D eigenvalue weighted by molar-refractivity contribution is 0.102. The molecule has 0 atom stereocenters. The Balaban J connectivity index is 1.37. The van der Waals surface area contributed by atoms with Gasteiger partial charge in [-0.1, -0.05) is 35.4 Å². The number of aromatic nitrogens is 3. The second-order valence-electron chi connectivity index (χ2n) is 7.06. The summed E-state index contributed by atoms with van der Waals surface area (Å²) in [5, 5.41) is 7.71. The summed E-state index contributed by atoms with van der Waals surface area (Å²) in [6.45, 7) is 2.71. The van der Waals surface area contributed by atoms with Gasteiger partial charge >= 0.3 is 0 Å². The van der Waals surface area contributed by atoms with Crippen LogP contribution >= 0.6 is 23.2 Å². The van der Waals surface area contributed by atoms with E-state index in [0.29, 0.717) is 22.9 Å². The number of carbonyl (C=O) groups is 1. The fraction of sp³-hybridized carbons (Fsp3) is 0.130. The Labute approximate surface area is 189 Å². The number of halogens is 2. The van der Waals surface area contributed by atoms with Gasteiger partial charge in [-0.25, -0.2) is 15.0 Å². The van der Waals surface area contributed by atoms with E-state index in [1.165, 1.54) is 6.20 Å². The van der Waals surface area contributed by atoms with Gasteiger partial charge in [-0.05, 0) is 66.9 Å². The molecule has 6 nitrogen and oxygen atoms in total. The van der Waals surface area contributed by atoms with Crippen LogP contribution in [0, 0.1) is 6.92 Å². The van der Waals surface area contributed by atoms with Crippen LogP contribution in [-0.2, 0) is 6.42 Å².